The Balaban J connectivity index is 1.91. The Hall–Kier alpha value is -1.09. The molecule has 2 aliphatic rings. The predicted octanol–water partition coefficient (Wildman–Crippen LogP) is 3.29. The van der Waals surface area contributed by atoms with E-state index in [0.717, 1.165) is 23.8 Å². The molecule has 2 heterocycles. The zero-order valence-electron chi connectivity index (χ0n) is 11.8. The van der Waals surface area contributed by atoms with Gasteiger partial charge in [0, 0.05) is 24.3 Å². The zero-order valence-corrected chi connectivity index (χ0v) is 11.8. The van der Waals surface area contributed by atoms with Crippen LogP contribution in [0.5, 0.6) is 0 Å². The van der Waals surface area contributed by atoms with Gasteiger partial charge in [0.2, 0.25) is 0 Å². The minimum atomic E-state index is -0.437. The summed E-state index contributed by atoms with van der Waals surface area (Å²) < 4.78 is 0. The van der Waals surface area contributed by atoms with Crippen LogP contribution in [0.2, 0.25) is 0 Å². The van der Waals surface area contributed by atoms with Gasteiger partial charge in [0.05, 0.1) is 6.10 Å². The molecular formula is C16H24N2O. The van der Waals surface area contributed by atoms with Gasteiger partial charge in [-0.2, -0.15) is 0 Å². The first-order valence-corrected chi connectivity index (χ1v) is 7.67. The molecule has 3 nitrogen and oxygen atoms in total. The molecule has 1 N–H and O–H groups in total. The number of aliphatic hydroxyl groups excluding tert-OH is 1. The predicted molar refractivity (Wildman–Crippen MR) is 77.2 cm³/mol. The standard InChI is InChI=1S/C16H24N2O/c1-12(19)14-8-4-10-17-16(14)18-11-5-7-13-6-2-3-9-15(13)18/h4,8,10,12-13,15,19H,2-3,5-7,9,11H2,1H3/t12-,13?,15?/m1/s1. The van der Waals surface area contributed by atoms with Crippen molar-refractivity contribution in [3.05, 3.63) is 23.9 Å². The Labute approximate surface area is 115 Å². The Kier molecular flexibility index (Phi) is 3.74. The Morgan fingerprint density at radius 3 is 2.89 bits per heavy atom. The largest absolute Gasteiger partial charge is 0.389 e. The third-order valence-electron chi connectivity index (χ3n) is 4.78. The lowest BCUT2D eigenvalue weighted by molar-refractivity contribution is 0.197. The lowest BCUT2D eigenvalue weighted by Gasteiger charge is -2.45. The maximum atomic E-state index is 9.96. The number of aromatic nitrogens is 1. The molecule has 3 heteroatoms. The van der Waals surface area contributed by atoms with Crippen LogP contribution in [0.25, 0.3) is 0 Å². The fourth-order valence-corrected chi connectivity index (χ4v) is 3.86. The summed E-state index contributed by atoms with van der Waals surface area (Å²) in [5.41, 5.74) is 0.980. The first kappa shape index (κ1) is 12.9. The molecule has 0 amide bonds. The van der Waals surface area contributed by atoms with Gasteiger partial charge in [-0.25, -0.2) is 4.98 Å². The second-order valence-corrected chi connectivity index (χ2v) is 6.04. The van der Waals surface area contributed by atoms with Crippen LogP contribution >= 0.6 is 0 Å². The summed E-state index contributed by atoms with van der Waals surface area (Å²) in [6.07, 6.45) is 9.45. The van der Waals surface area contributed by atoms with E-state index in [0.29, 0.717) is 6.04 Å². The van der Waals surface area contributed by atoms with Crippen LogP contribution in [0.1, 0.15) is 57.1 Å². The van der Waals surface area contributed by atoms with Crippen LogP contribution in [0.15, 0.2) is 18.3 Å². The molecule has 0 aromatic carbocycles. The number of pyridine rings is 1. The van der Waals surface area contributed by atoms with E-state index >= 15 is 0 Å². The van der Waals surface area contributed by atoms with Crippen molar-refractivity contribution in [2.75, 3.05) is 11.4 Å². The Morgan fingerprint density at radius 2 is 2.05 bits per heavy atom. The number of rotatable bonds is 2. The van der Waals surface area contributed by atoms with E-state index in [1.165, 1.54) is 38.5 Å². The summed E-state index contributed by atoms with van der Waals surface area (Å²) in [5, 5.41) is 9.96. The van der Waals surface area contributed by atoms with Crippen molar-refractivity contribution in [1.82, 2.24) is 4.98 Å². The topological polar surface area (TPSA) is 36.4 Å². The summed E-state index contributed by atoms with van der Waals surface area (Å²) in [5.74, 6) is 1.86. The average molecular weight is 260 g/mol. The molecule has 1 aliphatic heterocycles. The van der Waals surface area contributed by atoms with Crippen molar-refractivity contribution >= 4 is 5.82 Å². The maximum absolute atomic E-state index is 9.96. The minimum Gasteiger partial charge on any atom is -0.389 e. The highest BCUT2D eigenvalue weighted by Gasteiger charge is 2.34. The molecule has 0 bridgehead atoms. The summed E-state index contributed by atoms with van der Waals surface area (Å²) in [6, 6.07) is 4.59. The number of anilines is 1. The molecule has 3 atom stereocenters. The molecule has 3 rings (SSSR count). The Morgan fingerprint density at radius 1 is 1.26 bits per heavy atom. The molecule has 2 unspecified atom stereocenters. The number of piperidine rings is 1. The Bertz CT molecular complexity index is 431. The van der Waals surface area contributed by atoms with Crippen LogP contribution in [-0.2, 0) is 0 Å². The molecule has 19 heavy (non-hydrogen) atoms. The van der Waals surface area contributed by atoms with Gasteiger partial charge in [-0.1, -0.05) is 18.9 Å². The van der Waals surface area contributed by atoms with Gasteiger partial charge in [-0.15, -0.1) is 0 Å². The van der Waals surface area contributed by atoms with Crippen LogP contribution in [0, 0.1) is 5.92 Å². The van der Waals surface area contributed by atoms with Crippen molar-refractivity contribution < 1.29 is 5.11 Å². The van der Waals surface area contributed by atoms with E-state index in [2.05, 4.69) is 9.88 Å². The van der Waals surface area contributed by atoms with Crippen molar-refractivity contribution in [1.29, 1.82) is 0 Å². The van der Waals surface area contributed by atoms with Gasteiger partial charge in [-0.05, 0) is 44.6 Å². The fraction of sp³-hybridized carbons (Fsp3) is 0.688. The van der Waals surface area contributed by atoms with Gasteiger partial charge >= 0.3 is 0 Å². The summed E-state index contributed by atoms with van der Waals surface area (Å²) in [7, 11) is 0. The van der Waals surface area contributed by atoms with Crippen molar-refractivity contribution in [3.8, 4) is 0 Å². The molecule has 104 valence electrons. The van der Waals surface area contributed by atoms with E-state index in [9.17, 15) is 5.11 Å². The van der Waals surface area contributed by atoms with E-state index in [-0.39, 0.29) is 0 Å². The molecule has 0 radical (unpaired) electrons. The van der Waals surface area contributed by atoms with Crippen LogP contribution in [-0.4, -0.2) is 22.7 Å². The smallest absolute Gasteiger partial charge is 0.134 e. The molecule has 2 fully saturated rings. The highest BCUT2D eigenvalue weighted by Crippen LogP contribution is 2.38. The number of nitrogens with zero attached hydrogens (tertiary/aromatic N) is 2. The molecule has 1 aliphatic carbocycles. The molecule has 1 aromatic heterocycles. The summed E-state index contributed by atoms with van der Waals surface area (Å²) in [6.45, 7) is 2.93. The second-order valence-electron chi connectivity index (χ2n) is 6.04. The normalized spacial score (nSPS) is 28.8. The maximum Gasteiger partial charge on any atom is 0.134 e. The summed E-state index contributed by atoms with van der Waals surface area (Å²) >= 11 is 0. The van der Waals surface area contributed by atoms with Crippen LogP contribution in [0.3, 0.4) is 0 Å². The molecular weight excluding hydrogens is 236 g/mol. The number of aliphatic hydroxyl groups is 1. The second kappa shape index (κ2) is 5.49. The van der Waals surface area contributed by atoms with Gasteiger partial charge in [-0.3, -0.25) is 0 Å². The van der Waals surface area contributed by atoms with E-state index in [1.807, 2.05) is 25.3 Å². The first-order chi connectivity index (χ1) is 9.27. The van der Waals surface area contributed by atoms with Gasteiger partial charge in [0.1, 0.15) is 5.82 Å². The highest BCUT2D eigenvalue weighted by molar-refractivity contribution is 5.49. The molecule has 1 saturated carbocycles. The minimum absolute atomic E-state index is 0.437. The van der Waals surface area contributed by atoms with Gasteiger partial charge in [0.25, 0.3) is 0 Å². The fourth-order valence-electron chi connectivity index (χ4n) is 3.86. The van der Waals surface area contributed by atoms with Crippen molar-refractivity contribution in [2.45, 2.75) is 57.6 Å². The first-order valence-electron chi connectivity index (χ1n) is 7.67. The van der Waals surface area contributed by atoms with Gasteiger partial charge in [0.15, 0.2) is 0 Å². The lowest BCUT2D eigenvalue weighted by Crippen LogP contribution is -2.47. The third-order valence-corrected chi connectivity index (χ3v) is 4.78. The highest BCUT2D eigenvalue weighted by atomic mass is 16.3. The molecule has 1 saturated heterocycles. The quantitative estimate of drug-likeness (QED) is 0.886. The number of hydrogen-bond acceptors (Lipinski definition) is 3. The van der Waals surface area contributed by atoms with E-state index in [4.69, 9.17) is 0 Å². The van der Waals surface area contributed by atoms with Crippen molar-refractivity contribution in [3.63, 3.8) is 0 Å². The van der Waals surface area contributed by atoms with Crippen molar-refractivity contribution in [2.24, 2.45) is 5.92 Å². The van der Waals surface area contributed by atoms with Crippen LogP contribution in [0.4, 0.5) is 5.82 Å². The SMILES string of the molecule is C[C@@H](O)c1cccnc1N1CCCC2CCCCC21. The monoisotopic (exact) mass is 260 g/mol. The van der Waals surface area contributed by atoms with Crippen LogP contribution < -0.4 is 4.90 Å². The van der Waals surface area contributed by atoms with E-state index in [1.54, 1.807) is 0 Å². The number of fused-ring (bicyclic) bond motifs is 1. The number of hydrogen-bond donors (Lipinski definition) is 1. The molecule has 0 spiro atoms. The molecule has 1 aromatic rings. The van der Waals surface area contributed by atoms with Gasteiger partial charge < -0.3 is 10.0 Å². The average Bonchev–Trinajstić information content (AvgIpc) is 2.46. The van der Waals surface area contributed by atoms with E-state index < -0.39 is 6.10 Å². The lowest BCUT2D eigenvalue weighted by atomic mass is 9.78. The summed E-state index contributed by atoms with van der Waals surface area (Å²) in [4.78, 5) is 7.06. The third kappa shape index (κ3) is 2.48. The zero-order chi connectivity index (χ0) is 13.2.